The fourth-order valence-corrected chi connectivity index (χ4v) is 20.0. The van der Waals surface area contributed by atoms with Crippen molar-refractivity contribution in [3.05, 3.63) is 394 Å². The summed E-state index contributed by atoms with van der Waals surface area (Å²) in [5.41, 5.74) is 16.1. The first-order valence-electron chi connectivity index (χ1n) is 41.6. The van der Waals surface area contributed by atoms with Crippen LogP contribution >= 0.6 is 0 Å². The smallest absolute Gasteiger partial charge is 0.182 e. The Morgan fingerprint density at radius 2 is 0.496 bits per heavy atom. The summed E-state index contributed by atoms with van der Waals surface area (Å²) in [6.45, 7) is 0. The van der Waals surface area contributed by atoms with Crippen molar-refractivity contribution >= 4 is 162 Å². The number of hydrogen-bond acceptors (Lipinski definition) is 8. The molecular formula is C112H65N11. The van der Waals surface area contributed by atoms with E-state index < -0.39 is 0 Å². The van der Waals surface area contributed by atoms with E-state index >= 15 is 0 Å². The summed E-state index contributed by atoms with van der Waals surface area (Å²) in [7, 11) is 0. The van der Waals surface area contributed by atoms with Gasteiger partial charge in [-0.05, 0) is 171 Å². The van der Waals surface area contributed by atoms with Crippen LogP contribution in [0.15, 0.2) is 394 Å². The van der Waals surface area contributed by atoms with Crippen molar-refractivity contribution in [2.45, 2.75) is 0 Å². The topological polar surface area (TPSA) is 118 Å². The molecule has 11 heteroatoms. The van der Waals surface area contributed by atoms with E-state index in [1.807, 2.05) is 140 Å². The van der Waals surface area contributed by atoms with E-state index in [-0.39, 0.29) is 0 Å². The number of aromatic nitrogens is 11. The van der Waals surface area contributed by atoms with Crippen LogP contribution in [0.1, 0.15) is 0 Å². The zero-order chi connectivity index (χ0) is 80.5. The molecular weight excluding hydrogens is 1500 g/mol. The lowest BCUT2D eigenvalue weighted by molar-refractivity contribution is 1.03. The molecule has 0 fully saturated rings. The van der Waals surface area contributed by atoms with Crippen molar-refractivity contribution in [3.8, 4) is 96.9 Å². The third-order valence-corrected chi connectivity index (χ3v) is 25.2. The minimum absolute atomic E-state index is 0.537. The largest absolute Gasteiger partial charge is 0.309 e. The van der Waals surface area contributed by atoms with Gasteiger partial charge in [0.25, 0.3) is 0 Å². The number of para-hydroxylation sites is 1. The summed E-state index contributed by atoms with van der Waals surface area (Å²) >= 11 is 0. The van der Waals surface area contributed by atoms with Gasteiger partial charge in [-0.1, -0.05) is 309 Å². The summed E-state index contributed by atoms with van der Waals surface area (Å²) in [4.78, 5) is 39.6. The summed E-state index contributed by atoms with van der Waals surface area (Å²) in [5, 5.41) is 31.4. The number of pyridine rings is 2. The summed E-state index contributed by atoms with van der Waals surface area (Å²) in [5.74, 6) is 5.31. The highest BCUT2D eigenvalue weighted by molar-refractivity contribution is 6.43. The number of nitrogens with zero attached hydrogens (tertiary/aromatic N) is 11. The lowest BCUT2D eigenvalue weighted by Gasteiger charge is -2.14. The molecule has 0 radical (unpaired) electrons. The lowest BCUT2D eigenvalue weighted by atomic mass is 9.88. The molecule has 0 aliphatic heterocycles. The molecule has 11 nitrogen and oxygen atoms in total. The molecule has 0 spiro atoms. The number of hydrogen-bond donors (Lipinski definition) is 0. The third kappa shape index (κ3) is 10.5. The van der Waals surface area contributed by atoms with Gasteiger partial charge in [-0.25, -0.2) is 39.9 Å². The molecule has 0 unspecified atom stereocenters. The highest BCUT2D eigenvalue weighted by Crippen LogP contribution is 2.52. The SMILES string of the molecule is c1ccc(-c2cc3c4cccc5ccc6ccc7c(c6c54)c3c(c2)n7-c2ccccc2)cc1.c1ccc(-c2nc(-c3ccccc3)nc(-c3ccc(-n4c5cccc6c7cccc8ccc9ccc4c(c9c87)c65)nc3)n2)cc1.c1ccc(-c2nc(-c3ccccc3)nc(-c3cccc(-n4c5cccc6c7cccc8ccc9ccc4c(c9c87)c65)n3)n2)cc1. The molecule has 123 heavy (non-hydrogen) atoms. The van der Waals surface area contributed by atoms with Crippen molar-refractivity contribution in [2.24, 2.45) is 0 Å². The Morgan fingerprint density at radius 3 is 0.927 bits per heavy atom. The van der Waals surface area contributed by atoms with Crippen LogP contribution in [0.25, 0.3) is 259 Å². The van der Waals surface area contributed by atoms with Crippen molar-refractivity contribution in [3.63, 3.8) is 0 Å². The molecule has 28 aromatic rings. The average molecular weight is 1560 g/mol. The van der Waals surface area contributed by atoms with Crippen molar-refractivity contribution in [1.29, 1.82) is 0 Å². The highest BCUT2D eigenvalue weighted by atomic mass is 15.1. The Morgan fingerprint density at radius 1 is 0.163 bits per heavy atom. The normalized spacial score (nSPS) is 12.1. The van der Waals surface area contributed by atoms with Gasteiger partial charge < -0.3 is 4.57 Å². The van der Waals surface area contributed by atoms with Crippen molar-refractivity contribution < 1.29 is 0 Å². The highest BCUT2D eigenvalue weighted by Gasteiger charge is 2.28. The number of benzene rings is 21. The Balaban J connectivity index is 0.000000100. The van der Waals surface area contributed by atoms with Gasteiger partial charge in [-0.3, -0.25) is 9.13 Å². The molecule has 0 aliphatic carbocycles. The monoisotopic (exact) mass is 1560 g/mol. The lowest BCUT2D eigenvalue weighted by Crippen LogP contribution is -2.03. The Bertz CT molecular complexity index is 8850. The predicted octanol–water partition coefficient (Wildman–Crippen LogP) is 28.2. The van der Waals surface area contributed by atoms with E-state index in [2.05, 4.69) is 268 Å². The Hall–Kier alpha value is -16.8. The molecule has 0 amide bonds. The summed E-state index contributed by atoms with van der Waals surface area (Å²) in [6, 6.07) is 137. The van der Waals surface area contributed by atoms with Gasteiger partial charge in [0.1, 0.15) is 17.3 Å². The maximum atomic E-state index is 5.23. The van der Waals surface area contributed by atoms with E-state index in [0.717, 1.165) is 61.5 Å². The molecule has 0 bridgehead atoms. The zero-order valence-electron chi connectivity index (χ0n) is 65.9. The second-order valence-corrected chi connectivity index (χ2v) is 32.0. The van der Waals surface area contributed by atoms with E-state index in [4.69, 9.17) is 39.9 Å². The average Bonchev–Trinajstić information content (AvgIpc) is 1.56. The van der Waals surface area contributed by atoms with Crippen LogP contribution in [-0.4, -0.2) is 53.6 Å². The van der Waals surface area contributed by atoms with Crippen LogP contribution in [0.2, 0.25) is 0 Å². The minimum atomic E-state index is 0.537. The van der Waals surface area contributed by atoms with Gasteiger partial charge in [0.05, 0.1) is 33.1 Å². The van der Waals surface area contributed by atoms with E-state index in [1.54, 1.807) is 0 Å². The third-order valence-electron chi connectivity index (χ3n) is 25.2. The van der Waals surface area contributed by atoms with Gasteiger partial charge in [0.2, 0.25) is 0 Å². The number of rotatable bonds is 10. The Kier molecular flexibility index (Phi) is 14.9. The van der Waals surface area contributed by atoms with E-state index in [9.17, 15) is 0 Å². The molecule has 0 atom stereocenters. The van der Waals surface area contributed by atoms with Crippen LogP contribution in [0, 0.1) is 0 Å². The van der Waals surface area contributed by atoms with Crippen LogP contribution in [0.3, 0.4) is 0 Å². The summed E-state index contributed by atoms with van der Waals surface area (Å²) < 4.78 is 7.03. The fourth-order valence-electron chi connectivity index (χ4n) is 20.0. The van der Waals surface area contributed by atoms with Crippen LogP contribution in [0.4, 0.5) is 0 Å². The number of fused-ring (bicyclic) bond motifs is 3. The molecule has 28 rings (SSSR count). The fraction of sp³-hybridized carbons (Fsp3) is 0. The van der Waals surface area contributed by atoms with Crippen molar-refractivity contribution in [2.75, 3.05) is 0 Å². The first-order valence-corrected chi connectivity index (χ1v) is 41.6. The van der Waals surface area contributed by atoms with Gasteiger partial charge in [-0.2, -0.15) is 0 Å². The maximum Gasteiger partial charge on any atom is 0.182 e. The minimum Gasteiger partial charge on any atom is -0.309 e. The quantitative estimate of drug-likeness (QED) is 0.0981. The molecule has 0 saturated heterocycles. The molecule has 568 valence electrons. The second-order valence-electron chi connectivity index (χ2n) is 32.0. The summed E-state index contributed by atoms with van der Waals surface area (Å²) in [6.07, 6.45) is 1.88. The van der Waals surface area contributed by atoms with Gasteiger partial charge in [0, 0.05) is 88.2 Å². The molecule has 7 heterocycles. The first kappa shape index (κ1) is 68.3. The molecule has 21 aromatic carbocycles. The molecule has 0 N–H and O–H groups in total. The maximum absolute atomic E-state index is 5.23. The van der Waals surface area contributed by atoms with E-state index in [1.165, 1.54) is 157 Å². The molecule has 0 aliphatic rings. The zero-order valence-corrected chi connectivity index (χ0v) is 65.9. The Labute approximate surface area is 702 Å². The van der Waals surface area contributed by atoms with Gasteiger partial charge in [0.15, 0.2) is 34.9 Å². The van der Waals surface area contributed by atoms with Crippen molar-refractivity contribution in [1.82, 2.24) is 53.6 Å². The van der Waals surface area contributed by atoms with E-state index in [0.29, 0.717) is 40.6 Å². The standard InChI is InChI=1S/2C40H23N5.C32H19N/c1-3-10-26(11-4-1)38-42-39(27-12-5-2-6-13-27)44-40(43-38)30-17-9-19-33(41-30)45-31-18-8-16-29-28-15-7-14-24-20-21-25-22-23-32(45)37(36(29)31)35(25)34(24)28;1-3-9-26(10-4-1)38-42-39(27-11-5-2-6-12-27)44-40(43-38)28-20-22-33(41-23-28)45-31-16-8-15-30-29-14-7-13-24-17-18-25-19-21-32(45)37(36(30)31)35(25)34(24)29;1-3-8-20(9-4-1)23-18-26-25-13-7-10-21-14-15-22-16-17-27-32(30(22)29(21)25)31(26)28(19-23)33(27)24-11-5-2-6-12-24/h2*1-23H;1-19H. The predicted molar refractivity (Wildman–Crippen MR) is 507 cm³/mol. The van der Waals surface area contributed by atoms with Gasteiger partial charge in [-0.15, -0.1) is 0 Å². The van der Waals surface area contributed by atoms with Crippen LogP contribution in [0.5, 0.6) is 0 Å². The second kappa shape index (κ2) is 26.9. The van der Waals surface area contributed by atoms with Crippen LogP contribution < -0.4 is 0 Å². The molecule has 7 aromatic heterocycles. The first-order chi connectivity index (χ1) is 61.0. The van der Waals surface area contributed by atoms with Gasteiger partial charge >= 0.3 is 0 Å². The molecule has 0 saturated carbocycles. The van der Waals surface area contributed by atoms with Crippen LogP contribution in [-0.2, 0) is 0 Å².